The van der Waals surface area contributed by atoms with Crippen molar-refractivity contribution < 1.29 is 28.7 Å². The number of esters is 1. The average Bonchev–Trinajstić information content (AvgIpc) is 2.78. The van der Waals surface area contributed by atoms with Crippen LogP contribution in [0.25, 0.3) is 0 Å². The topological polar surface area (TPSA) is 105 Å². The van der Waals surface area contributed by atoms with E-state index in [9.17, 15) is 19.7 Å². The molecule has 0 aromatic carbocycles. The third-order valence-electron chi connectivity index (χ3n) is 3.63. The third kappa shape index (κ3) is 2.10. The molecule has 2 aliphatic heterocycles. The van der Waals surface area contributed by atoms with Gasteiger partial charge in [0.2, 0.25) is 6.29 Å². The molecule has 106 valence electrons. The van der Waals surface area contributed by atoms with Gasteiger partial charge in [-0.25, -0.2) is 4.79 Å². The first-order valence-electron chi connectivity index (χ1n) is 6.02. The van der Waals surface area contributed by atoms with E-state index in [1.54, 1.807) is 6.92 Å². The molecule has 4 atom stereocenters. The molecule has 0 aliphatic carbocycles. The van der Waals surface area contributed by atoms with E-state index in [1.807, 2.05) is 0 Å². The molecule has 1 unspecified atom stereocenters. The normalized spacial score (nSPS) is 32.7. The van der Waals surface area contributed by atoms with Gasteiger partial charge in [-0.3, -0.25) is 14.9 Å². The number of carbonyl (C=O) groups excluding carboxylic acids is 2. The molecule has 0 aromatic heterocycles. The highest BCUT2D eigenvalue weighted by Crippen LogP contribution is 2.38. The first-order chi connectivity index (χ1) is 8.91. The first-order valence-corrected chi connectivity index (χ1v) is 6.02. The number of fused-ring (bicyclic) bond motifs is 2. The Morgan fingerprint density at radius 1 is 1.63 bits per heavy atom. The number of nitro groups is 1. The molecule has 0 radical (unpaired) electrons. The lowest BCUT2D eigenvalue weighted by Crippen LogP contribution is -2.57. The molecule has 8 heteroatoms. The van der Waals surface area contributed by atoms with Gasteiger partial charge in [0.1, 0.15) is 0 Å². The SMILES string of the molecule is CCOC(=O)C(C)([C@H]1CC(=O)[C@@H]2OC[C@H]1O2)[N+](=O)[O-]. The van der Waals surface area contributed by atoms with Gasteiger partial charge in [-0.05, 0) is 6.92 Å². The molecule has 2 rings (SSSR count). The molecule has 2 aliphatic rings. The predicted molar refractivity (Wildman–Crippen MR) is 59.8 cm³/mol. The lowest BCUT2D eigenvalue weighted by atomic mass is 9.78. The number of carbonyl (C=O) groups is 2. The van der Waals surface area contributed by atoms with Gasteiger partial charge in [0.15, 0.2) is 5.78 Å². The van der Waals surface area contributed by atoms with Crippen LogP contribution < -0.4 is 0 Å². The Bertz CT molecular complexity index is 423. The van der Waals surface area contributed by atoms with Gasteiger partial charge in [-0.2, -0.15) is 0 Å². The Hall–Kier alpha value is -1.54. The third-order valence-corrected chi connectivity index (χ3v) is 3.63. The van der Waals surface area contributed by atoms with Crippen molar-refractivity contribution >= 4 is 11.8 Å². The van der Waals surface area contributed by atoms with Crippen molar-refractivity contribution in [3.63, 3.8) is 0 Å². The molecule has 0 spiro atoms. The summed E-state index contributed by atoms with van der Waals surface area (Å²) in [5.41, 5.74) is -2.00. The molecule has 0 saturated carbocycles. The van der Waals surface area contributed by atoms with Crippen LogP contribution in [0.3, 0.4) is 0 Å². The second kappa shape index (κ2) is 4.86. The molecule has 0 amide bonds. The maximum absolute atomic E-state index is 11.9. The largest absolute Gasteiger partial charge is 0.461 e. The number of hydrogen-bond acceptors (Lipinski definition) is 7. The highest BCUT2D eigenvalue weighted by atomic mass is 16.7. The summed E-state index contributed by atoms with van der Waals surface area (Å²) in [5, 5.41) is 11.3. The van der Waals surface area contributed by atoms with Gasteiger partial charge < -0.3 is 14.2 Å². The van der Waals surface area contributed by atoms with Crippen molar-refractivity contribution in [2.45, 2.75) is 38.2 Å². The Kier molecular flexibility index (Phi) is 3.55. The summed E-state index contributed by atoms with van der Waals surface area (Å²) >= 11 is 0. The summed E-state index contributed by atoms with van der Waals surface area (Å²) in [7, 11) is 0. The molecule has 2 heterocycles. The summed E-state index contributed by atoms with van der Waals surface area (Å²) in [5.74, 6) is -2.21. The lowest BCUT2D eigenvalue weighted by molar-refractivity contribution is -0.564. The summed E-state index contributed by atoms with van der Waals surface area (Å²) in [6.45, 7) is 2.85. The Balaban J connectivity index is 2.31. The van der Waals surface area contributed by atoms with Crippen molar-refractivity contribution in [1.29, 1.82) is 0 Å². The van der Waals surface area contributed by atoms with Crippen molar-refractivity contribution in [1.82, 2.24) is 0 Å². The van der Waals surface area contributed by atoms with E-state index in [4.69, 9.17) is 14.2 Å². The van der Waals surface area contributed by atoms with Crippen LogP contribution in [-0.2, 0) is 23.8 Å². The molecule has 2 bridgehead atoms. The molecular weight excluding hydrogens is 258 g/mol. The highest BCUT2D eigenvalue weighted by Gasteiger charge is 2.62. The molecule has 0 N–H and O–H groups in total. The van der Waals surface area contributed by atoms with E-state index >= 15 is 0 Å². The number of nitrogens with zero attached hydrogens (tertiary/aromatic N) is 1. The highest BCUT2D eigenvalue weighted by molar-refractivity contribution is 5.86. The van der Waals surface area contributed by atoms with Gasteiger partial charge in [-0.1, -0.05) is 0 Å². The smallest absolute Gasteiger partial charge is 0.384 e. The molecule has 2 saturated heterocycles. The van der Waals surface area contributed by atoms with Gasteiger partial charge in [-0.15, -0.1) is 0 Å². The number of ether oxygens (including phenoxy) is 3. The minimum absolute atomic E-state index is 0.0353. The maximum atomic E-state index is 11.9. The van der Waals surface area contributed by atoms with Crippen LogP contribution in [0.2, 0.25) is 0 Å². The second-order valence-electron chi connectivity index (χ2n) is 4.74. The van der Waals surface area contributed by atoms with Gasteiger partial charge in [0.05, 0.1) is 25.2 Å². The number of rotatable bonds is 4. The zero-order valence-electron chi connectivity index (χ0n) is 10.7. The fraction of sp³-hybridized carbons (Fsp3) is 0.818. The van der Waals surface area contributed by atoms with Crippen LogP contribution in [0, 0.1) is 16.0 Å². The van der Waals surface area contributed by atoms with Crippen LogP contribution in [0.4, 0.5) is 0 Å². The fourth-order valence-electron chi connectivity index (χ4n) is 2.44. The monoisotopic (exact) mass is 273 g/mol. The maximum Gasteiger partial charge on any atom is 0.384 e. The van der Waals surface area contributed by atoms with Gasteiger partial charge in [0, 0.05) is 18.3 Å². The van der Waals surface area contributed by atoms with E-state index in [0.29, 0.717) is 0 Å². The Morgan fingerprint density at radius 2 is 2.32 bits per heavy atom. The zero-order chi connectivity index (χ0) is 14.2. The fourth-order valence-corrected chi connectivity index (χ4v) is 2.44. The predicted octanol–water partition coefficient (Wildman–Crippen LogP) is -0.0846. The van der Waals surface area contributed by atoms with E-state index in [-0.39, 0.29) is 25.4 Å². The van der Waals surface area contributed by atoms with E-state index < -0.39 is 34.7 Å². The van der Waals surface area contributed by atoms with Crippen LogP contribution in [0.1, 0.15) is 20.3 Å². The first kappa shape index (κ1) is 13.9. The second-order valence-corrected chi connectivity index (χ2v) is 4.74. The van der Waals surface area contributed by atoms with Crippen LogP contribution in [0.15, 0.2) is 0 Å². The minimum Gasteiger partial charge on any atom is -0.461 e. The summed E-state index contributed by atoms with van der Waals surface area (Å²) in [6.07, 6.45) is -1.70. The van der Waals surface area contributed by atoms with E-state index in [0.717, 1.165) is 0 Å². The number of Topliss-reactive ketones (excluding diaryl/α,β-unsaturated/α-hetero) is 1. The van der Waals surface area contributed by atoms with Crippen molar-refractivity contribution in [3.8, 4) is 0 Å². The van der Waals surface area contributed by atoms with Gasteiger partial charge in [0.25, 0.3) is 0 Å². The van der Waals surface area contributed by atoms with Crippen LogP contribution in [-0.4, -0.2) is 47.8 Å². The summed E-state index contributed by atoms with van der Waals surface area (Å²) in [4.78, 5) is 34.2. The van der Waals surface area contributed by atoms with Crippen molar-refractivity contribution in [3.05, 3.63) is 10.1 Å². The Morgan fingerprint density at radius 3 is 2.89 bits per heavy atom. The molecule has 8 nitrogen and oxygen atoms in total. The number of ketones is 1. The quantitative estimate of drug-likeness (QED) is 0.400. The van der Waals surface area contributed by atoms with Crippen LogP contribution in [0.5, 0.6) is 0 Å². The summed E-state index contributed by atoms with van der Waals surface area (Å²) in [6, 6.07) is 0. The zero-order valence-corrected chi connectivity index (χ0v) is 10.7. The van der Waals surface area contributed by atoms with E-state index in [1.165, 1.54) is 6.92 Å². The minimum atomic E-state index is -2.00. The van der Waals surface area contributed by atoms with Crippen LogP contribution >= 0.6 is 0 Å². The molecule has 0 aromatic rings. The molecular formula is C11H15NO7. The standard InChI is InChI=1S/C11H15NO7/c1-3-17-10(14)11(2,12(15)16)6-4-7(13)9-18-5-8(6)19-9/h6,8-9H,3-5H2,1-2H3/t6-,8+,9+,11?/m0/s1. The van der Waals surface area contributed by atoms with Crippen molar-refractivity contribution in [2.24, 2.45) is 5.92 Å². The molecule has 2 fully saturated rings. The Labute approximate surface area is 109 Å². The average molecular weight is 273 g/mol. The number of hydrogen-bond donors (Lipinski definition) is 0. The lowest BCUT2D eigenvalue weighted by Gasteiger charge is -2.33. The molecule has 19 heavy (non-hydrogen) atoms. The van der Waals surface area contributed by atoms with Crippen molar-refractivity contribution in [2.75, 3.05) is 13.2 Å². The summed E-state index contributed by atoms with van der Waals surface area (Å²) < 4.78 is 15.1. The van der Waals surface area contributed by atoms with E-state index in [2.05, 4.69) is 0 Å². The van der Waals surface area contributed by atoms with Gasteiger partial charge >= 0.3 is 11.5 Å².